The summed E-state index contributed by atoms with van der Waals surface area (Å²) in [7, 11) is 0. The molecule has 0 heterocycles. The van der Waals surface area contributed by atoms with Crippen molar-refractivity contribution in [3.05, 3.63) is 35.1 Å². The zero-order chi connectivity index (χ0) is 12.3. The van der Waals surface area contributed by atoms with Gasteiger partial charge in [-0.05, 0) is 30.2 Å². The summed E-state index contributed by atoms with van der Waals surface area (Å²) in [5, 5.41) is 0. The second kappa shape index (κ2) is 6.21. The topological polar surface area (TPSA) is 26.0 Å². The molecule has 1 aromatic carbocycles. The van der Waals surface area contributed by atoms with Gasteiger partial charge in [-0.15, -0.1) is 12.4 Å². The Bertz CT molecular complexity index is 365. The van der Waals surface area contributed by atoms with Crippen LogP contribution >= 0.6 is 12.4 Å². The minimum Gasteiger partial charge on any atom is -0.324 e. The predicted octanol–water partition coefficient (Wildman–Crippen LogP) is 4.07. The summed E-state index contributed by atoms with van der Waals surface area (Å²) >= 11 is 0. The molecule has 0 radical (unpaired) electrons. The first-order valence-corrected chi connectivity index (χ1v) is 4.98. The number of benzene rings is 1. The van der Waals surface area contributed by atoms with Gasteiger partial charge in [0.15, 0.2) is 0 Å². The molecular weight excluding hydrogens is 258 g/mol. The van der Waals surface area contributed by atoms with Gasteiger partial charge in [-0.2, -0.15) is 13.2 Å². The van der Waals surface area contributed by atoms with Gasteiger partial charge < -0.3 is 5.73 Å². The average molecular weight is 272 g/mol. The Kier molecular flexibility index (Phi) is 5.92. The average Bonchev–Trinajstić information content (AvgIpc) is 2.16. The summed E-state index contributed by atoms with van der Waals surface area (Å²) in [5.74, 6) is -0.906. The molecule has 0 amide bonds. The smallest absolute Gasteiger partial charge is 0.324 e. The highest BCUT2D eigenvalue weighted by Gasteiger charge is 2.31. The zero-order valence-corrected chi connectivity index (χ0v) is 10.0. The standard InChI is InChI=1S/C11H13F4N.ClH/c1-2-3-10(16)7-4-8(11(13,14)15)6-9(12)5-7;/h4-6,10H,2-3,16H2,1H3;1H/t10-;/m1./s1. The molecule has 98 valence electrons. The van der Waals surface area contributed by atoms with E-state index in [1.165, 1.54) is 0 Å². The summed E-state index contributed by atoms with van der Waals surface area (Å²) in [6, 6.07) is 1.88. The first kappa shape index (κ1) is 16.2. The van der Waals surface area contributed by atoms with Crippen molar-refractivity contribution < 1.29 is 17.6 Å². The van der Waals surface area contributed by atoms with Gasteiger partial charge >= 0.3 is 6.18 Å². The molecule has 17 heavy (non-hydrogen) atoms. The lowest BCUT2D eigenvalue weighted by atomic mass is 10.0. The lowest BCUT2D eigenvalue weighted by Gasteiger charge is -2.14. The Morgan fingerprint density at radius 2 is 1.82 bits per heavy atom. The van der Waals surface area contributed by atoms with Crippen molar-refractivity contribution in [2.75, 3.05) is 0 Å². The Labute approximate surface area is 103 Å². The van der Waals surface area contributed by atoms with E-state index in [-0.39, 0.29) is 18.0 Å². The quantitative estimate of drug-likeness (QED) is 0.824. The summed E-state index contributed by atoms with van der Waals surface area (Å²) < 4.78 is 50.2. The number of hydrogen-bond donors (Lipinski definition) is 1. The Morgan fingerprint density at radius 3 is 2.29 bits per heavy atom. The fourth-order valence-corrected chi connectivity index (χ4v) is 1.47. The summed E-state index contributed by atoms with van der Waals surface area (Å²) in [6.45, 7) is 1.86. The van der Waals surface area contributed by atoms with E-state index in [0.29, 0.717) is 12.5 Å². The van der Waals surface area contributed by atoms with Gasteiger partial charge in [0.25, 0.3) is 0 Å². The highest BCUT2D eigenvalue weighted by Crippen LogP contribution is 2.31. The third-order valence-corrected chi connectivity index (χ3v) is 2.28. The molecule has 6 heteroatoms. The van der Waals surface area contributed by atoms with Crippen molar-refractivity contribution >= 4 is 12.4 Å². The van der Waals surface area contributed by atoms with Gasteiger partial charge in [0.05, 0.1) is 5.56 Å². The first-order valence-electron chi connectivity index (χ1n) is 4.98. The molecule has 0 aromatic heterocycles. The van der Waals surface area contributed by atoms with Crippen LogP contribution in [0.5, 0.6) is 0 Å². The van der Waals surface area contributed by atoms with Crippen LogP contribution in [0.25, 0.3) is 0 Å². The molecule has 0 aliphatic carbocycles. The van der Waals surface area contributed by atoms with Crippen LogP contribution in [0.3, 0.4) is 0 Å². The Balaban J connectivity index is 0.00000256. The molecule has 0 fully saturated rings. The van der Waals surface area contributed by atoms with Crippen molar-refractivity contribution in [1.29, 1.82) is 0 Å². The molecule has 0 bridgehead atoms. The van der Waals surface area contributed by atoms with Crippen LogP contribution in [0, 0.1) is 5.82 Å². The van der Waals surface area contributed by atoms with Crippen molar-refractivity contribution in [3.8, 4) is 0 Å². The van der Waals surface area contributed by atoms with Crippen molar-refractivity contribution in [3.63, 3.8) is 0 Å². The largest absolute Gasteiger partial charge is 0.416 e. The minimum absolute atomic E-state index is 0. The third kappa shape index (κ3) is 4.52. The van der Waals surface area contributed by atoms with Crippen LogP contribution < -0.4 is 5.73 Å². The summed E-state index contributed by atoms with van der Waals surface area (Å²) in [6.07, 6.45) is -3.28. The number of hydrogen-bond acceptors (Lipinski definition) is 1. The van der Waals surface area contributed by atoms with E-state index >= 15 is 0 Å². The van der Waals surface area contributed by atoms with E-state index in [1.807, 2.05) is 6.92 Å². The SMILES string of the molecule is CCC[C@@H](N)c1cc(F)cc(C(F)(F)F)c1.Cl. The summed E-state index contributed by atoms with van der Waals surface area (Å²) in [4.78, 5) is 0. The van der Waals surface area contributed by atoms with E-state index in [4.69, 9.17) is 5.73 Å². The normalized spacial score (nSPS) is 13.1. The maximum atomic E-state index is 13.0. The molecule has 1 aromatic rings. The van der Waals surface area contributed by atoms with Gasteiger partial charge in [0.1, 0.15) is 5.82 Å². The lowest BCUT2D eigenvalue weighted by Crippen LogP contribution is -2.13. The van der Waals surface area contributed by atoms with Crippen LogP contribution in [-0.4, -0.2) is 0 Å². The van der Waals surface area contributed by atoms with E-state index in [1.54, 1.807) is 0 Å². The van der Waals surface area contributed by atoms with Crippen LogP contribution in [0.2, 0.25) is 0 Å². The highest BCUT2D eigenvalue weighted by atomic mass is 35.5. The Morgan fingerprint density at radius 1 is 1.24 bits per heavy atom. The zero-order valence-electron chi connectivity index (χ0n) is 9.22. The lowest BCUT2D eigenvalue weighted by molar-refractivity contribution is -0.137. The summed E-state index contributed by atoms with van der Waals surface area (Å²) in [5.41, 5.74) is 4.85. The molecular formula is C11H14ClF4N. The number of halogens is 5. The predicted molar refractivity (Wildman–Crippen MR) is 60.5 cm³/mol. The van der Waals surface area contributed by atoms with Gasteiger partial charge in [-0.3, -0.25) is 0 Å². The molecule has 0 unspecified atom stereocenters. The molecule has 2 N–H and O–H groups in total. The van der Waals surface area contributed by atoms with Crippen molar-refractivity contribution in [1.82, 2.24) is 0 Å². The van der Waals surface area contributed by atoms with E-state index in [9.17, 15) is 17.6 Å². The van der Waals surface area contributed by atoms with Gasteiger partial charge in [-0.1, -0.05) is 13.3 Å². The Hall–Kier alpha value is -0.810. The molecule has 0 saturated carbocycles. The van der Waals surface area contributed by atoms with Gasteiger partial charge in [-0.25, -0.2) is 4.39 Å². The van der Waals surface area contributed by atoms with Crippen LogP contribution in [-0.2, 0) is 6.18 Å². The third-order valence-electron chi connectivity index (χ3n) is 2.28. The van der Waals surface area contributed by atoms with Gasteiger partial charge in [0.2, 0.25) is 0 Å². The molecule has 0 saturated heterocycles. The molecule has 1 atom stereocenters. The van der Waals surface area contributed by atoms with Crippen LogP contribution in [0.4, 0.5) is 17.6 Å². The second-order valence-electron chi connectivity index (χ2n) is 3.67. The maximum absolute atomic E-state index is 13.0. The van der Waals surface area contributed by atoms with Gasteiger partial charge in [0, 0.05) is 6.04 Å². The molecule has 0 spiro atoms. The number of alkyl halides is 3. The van der Waals surface area contributed by atoms with E-state index in [0.717, 1.165) is 18.6 Å². The van der Waals surface area contributed by atoms with Crippen LogP contribution in [0.15, 0.2) is 18.2 Å². The van der Waals surface area contributed by atoms with Crippen LogP contribution in [0.1, 0.15) is 36.9 Å². The van der Waals surface area contributed by atoms with Crippen molar-refractivity contribution in [2.24, 2.45) is 5.73 Å². The van der Waals surface area contributed by atoms with Crippen molar-refractivity contribution in [2.45, 2.75) is 32.0 Å². The highest BCUT2D eigenvalue weighted by molar-refractivity contribution is 5.85. The minimum atomic E-state index is -4.54. The van der Waals surface area contributed by atoms with E-state index < -0.39 is 23.6 Å². The molecule has 1 rings (SSSR count). The monoisotopic (exact) mass is 271 g/mol. The molecule has 1 nitrogen and oxygen atoms in total. The maximum Gasteiger partial charge on any atom is 0.416 e. The number of nitrogens with two attached hydrogens (primary N) is 1. The second-order valence-corrected chi connectivity index (χ2v) is 3.67. The fourth-order valence-electron chi connectivity index (χ4n) is 1.47. The number of rotatable bonds is 3. The molecule has 0 aliphatic heterocycles. The fraction of sp³-hybridized carbons (Fsp3) is 0.455. The molecule has 0 aliphatic rings. The first-order chi connectivity index (χ1) is 7.34. The van der Waals surface area contributed by atoms with E-state index in [2.05, 4.69) is 0 Å².